The van der Waals surface area contributed by atoms with Crippen molar-refractivity contribution in [2.24, 2.45) is 15.0 Å². The highest BCUT2D eigenvalue weighted by Crippen LogP contribution is 2.22. The first-order chi connectivity index (χ1) is 16.3. The third-order valence-electron chi connectivity index (χ3n) is 5.10. The van der Waals surface area contributed by atoms with Gasteiger partial charge in [0, 0.05) is 24.2 Å². The SMILES string of the molecule is C=N/C(=C\N=C(/C)N=C(c1ccccc1)c1ccccc1)C1=CCN(C(=O)OC(C)(C)C)CC1. The van der Waals surface area contributed by atoms with Gasteiger partial charge in [0.15, 0.2) is 0 Å². The third kappa shape index (κ3) is 7.10. The van der Waals surface area contributed by atoms with E-state index < -0.39 is 5.60 Å². The molecule has 0 aliphatic carbocycles. The second-order valence-corrected chi connectivity index (χ2v) is 8.95. The zero-order chi connectivity index (χ0) is 24.6. The number of carbonyl (C=O) groups is 1. The molecule has 0 fully saturated rings. The molecule has 0 aromatic heterocycles. The van der Waals surface area contributed by atoms with Gasteiger partial charge in [-0.2, -0.15) is 0 Å². The first-order valence-corrected chi connectivity index (χ1v) is 11.3. The summed E-state index contributed by atoms with van der Waals surface area (Å²) in [6.07, 6.45) is 4.01. The molecule has 1 heterocycles. The molecule has 0 unspecified atom stereocenters. The van der Waals surface area contributed by atoms with E-state index in [9.17, 15) is 4.79 Å². The lowest BCUT2D eigenvalue weighted by atomic mass is 10.0. The van der Waals surface area contributed by atoms with Crippen molar-refractivity contribution in [3.8, 4) is 0 Å². The highest BCUT2D eigenvalue weighted by atomic mass is 16.6. The Kier molecular flexibility index (Phi) is 8.30. The number of benzene rings is 2. The fourth-order valence-corrected chi connectivity index (χ4v) is 3.45. The highest BCUT2D eigenvalue weighted by molar-refractivity contribution is 6.17. The Balaban J connectivity index is 1.80. The summed E-state index contributed by atoms with van der Waals surface area (Å²) >= 11 is 0. The molecule has 6 nitrogen and oxygen atoms in total. The molecule has 3 rings (SSSR count). The summed E-state index contributed by atoms with van der Waals surface area (Å²) in [5.41, 5.74) is 4.06. The van der Waals surface area contributed by atoms with Crippen LogP contribution in [-0.2, 0) is 4.74 Å². The average molecular weight is 457 g/mol. The number of aliphatic imine (C=N–C) groups is 3. The summed E-state index contributed by atoms with van der Waals surface area (Å²) in [5, 5.41) is 0. The lowest BCUT2D eigenvalue weighted by molar-refractivity contribution is 0.0266. The Hall–Kier alpha value is -3.80. The van der Waals surface area contributed by atoms with Gasteiger partial charge < -0.3 is 9.64 Å². The van der Waals surface area contributed by atoms with Gasteiger partial charge in [-0.1, -0.05) is 66.7 Å². The van der Waals surface area contributed by atoms with Gasteiger partial charge in [0.05, 0.1) is 17.6 Å². The van der Waals surface area contributed by atoms with E-state index in [1.807, 2.05) is 94.4 Å². The molecule has 2 aromatic carbocycles. The fraction of sp³-hybridized carbons (Fsp3) is 0.286. The van der Waals surface area contributed by atoms with E-state index in [0.29, 0.717) is 31.0 Å². The van der Waals surface area contributed by atoms with Crippen LogP contribution in [0.15, 0.2) is 99.2 Å². The number of allylic oxidation sites excluding steroid dienone is 1. The van der Waals surface area contributed by atoms with Gasteiger partial charge in [-0.05, 0) is 46.4 Å². The molecule has 0 N–H and O–H groups in total. The van der Waals surface area contributed by atoms with Gasteiger partial charge >= 0.3 is 6.09 Å². The van der Waals surface area contributed by atoms with E-state index in [4.69, 9.17) is 9.73 Å². The van der Waals surface area contributed by atoms with Crippen LogP contribution in [0, 0.1) is 0 Å². The van der Waals surface area contributed by atoms with E-state index in [-0.39, 0.29) is 6.09 Å². The second-order valence-electron chi connectivity index (χ2n) is 8.95. The number of amides is 1. The molecule has 0 saturated heterocycles. The molecule has 176 valence electrons. The van der Waals surface area contributed by atoms with Crippen molar-refractivity contribution >= 4 is 24.4 Å². The molecule has 0 saturated carbocycles. The van der Waals surface area contributed by atoms with E-state index >= 15 is 0 Å². The lowest BCUT2D eigenvalue weighted by Gasteiger charge is -2.29. The maximum Gasteiger partial charge on any atom is 0.410 e. The maximum absolute atomic E-state index is 12.3. The molecule has 0 radical (unpaired) electrons. The molecule has 0 atom stereocenters. The van der Waals surface area contributed by atoms with Crippen molar-refractivity contribution < 1.29 is 9.53 Å². The summed E-state index contributed by atoms with van der Waals surface area (Å²) < 4.78 is 5.46. The first-order valence-electron chi connectivity index (χ1n) is 11.3. The molecular formula is C28H32N4O2. The van der Waals surface area contributed by atoms with Crippen molar-refractivity contribution in [3.63, 3.8) is 0 Å². The number of ether oxygens (including phenoxy) is 1. The maximum atomic E-state index is 12.3. The molecule has 1 aliphatic heterocycles. The van der Waals surface area contributed by atoms with Crippen LogP contribution in [0.1, 0.15) is 45.2 Å². The van der Waals surface area contributed by atoms with Crippen LogP contribution in [0.2, 0.25) is 0 Å². The number of hydrogen-bond acceptors (Lipinski definition) is 4. The monoisotopic (exact) mass is 456 g/mol. The fourth-order valence-electron chi connectivity index (χ4n) is 3.45. The average Bonchev–Trinajstić information content (AvgIpc) is 2.83. The van der Waals surface area contributed by atoms with Gasteiger partial charge in [-0.25, -0.2) is 14.8 Å². The molecule has 1 aliphatic rings. The van der Waals surface area contributed by atoms with Gasteiger partial charge in [0.25, 0.3) is 0 Å². The Bertz CT molecular complexity index is 1080. The van der Waals surface area contributed by atoms with E-state index in [0.717, 1.165) is 22.4 Å². The van der Waals surface area contributed by atoms with Crippen molar-refractivity contribution in [3.05, 3.63) is 95.3 Å². The van der Waals surface area contributed by atoms with Crippen LogP contribution in [0.4, 0.5) is 4.79 Å². The van der Waals surface area contributed by atoms with E-state index in [1.165, 1.54) is 0 Å². The van der Waals surface area contributed by atoms with Gasteiger partial charge in [-0.15, -0.1) is 0 Å². The van der Waals surface area contributed by atoms with Crippen LogP contribution in [0.25, 0.3) is 0 Å². The Labute approximate surface area is 202 Å². The van der Waals surface area contributed by atoms with E-state index in [2.05, 4.69) is 16.7 Å². The van der Waals surface area contributed by atoms with Crippen molar-refractivity contribution in [1.82, 2.24) is 4.90 Å². The Morgan fingerprint density at radius 3 is 2.09 bits per heavy atom. The predicted molar refractivity (Wildman–Crippen MR) is 140 cm³/mol. The molecular weight excluding hydrogens is 424 g/mol. The van der Waals surface area contributed by atoms with Crippen LogP contribution < -0.4 is 0 Å². The third-order valence-corrected chi connectivity index (χ3v) is 5.10. The number of hydrogen-bond donors (Lipinski definition) is 0. The Morgan fingerprint density at radius 1 is 1.03 bits per heavy atom. The summed E-state index contributed by atoms with van der Waals surface area (Å²) in [5.74, 6) is 0.607. The first kappa shape index (κ1) is 24.8. The predicted octanol–water partition coefficient (Wildman–Crippen LogP) is 6.05. The Morgan fingerprint density at radius 2 is 1.62 bits per heavy atom. The molecule has 6 heteroatoms. The number of amidine groups is 1. The summed E-state index contributed by atoms with van der Waals surface area (Å²) in [7, 11) is 0. The topological polar surface area (TPSA) is 66.6 Å². The zero-order valence-corrected chi connectivity index (χ0v) is 20.4. The van der Waals surface area contributed by atoms with Gasteiger partial charge in [0.2, 0.25) is 0 Å². The van der Waals surface area contributed by atoms with Crippen molar-refractivity contribution in [2.75, 3.05) is 13.1 Å². The van der Waals surface area contributed by atoms with Crippen molar-refractivity contribution in [1.29, 1.82) is 0 Å². The zero-order valence-electron chi connectivity index (χ0n) is 20.4. The number of nitrogens with zero attached hydrogens (tertiary/aromatic N) is 4. The highest BCUT2D eigenvalue weighted by Gasteiger charge is 2.24. The van der Waals surface area contributed by atoms with E-state index in [1.54, 1.807) is 11.1 Å². The number of rotatable bonds is 5. The van der Waals surface area contributed by atoms with Gasteiger partial charge in [0.1, 0.15) is 11.4 Å². The smallest absolute Gasteiger partial charge is 0.410 e. The minimum atomic E-state index is -0.514. The summed E-state index contributed by atoms with van der Waals surface area (Å²) in [4.78, 5) is 27.5. The summed E-state index contributed by atoms with van der Waals surface area (Å²) in [6, 6.07) is 20.1. The standard InChI is InChI=1S/C28H32N4O2/c1-21(31-26(23-12-8-6-9-13-23)24-14-10-7-11-15-24)30-20-25(29-5)22-16-18-32(19-17-22)27(33)34-28(2,3)4/h6-16,20H,5,17-19H2,1-4H3/b25-20-,30-21+. The minimum Gasteiger partial charge on any atom is -0.444 e. The van der Waals surface area contributed by atoms with Crippen LogP contribution in [-0.4, -0.2) is 47.9 Å². The molecule has 0 spiro atoms. The number of carbonyl (C=O) groups excluding carboxylic acids is 1. The van der Waals surface area contributed by atoms with Crippen LogP contribution in [0.3, 0.4) is 0 Å². The molecule has 0 bridgehead atoms. The molecule has 34 heavy (non-hydrogen) atoms. The molecule has 1 amide bonds. The van der Waals surface area contributed by atoms with Crippen molar-refractivity contribution in [2.45, 2.75) is 39.7 Å². The largest absolute Gasteiger partial charge is 0.444 e. The minimum absolute atomic E-state index is 0.308. The van der Waals surface area contributed by atoms with Crippen LogP contribution >= 0.6 is 0 Å². The summed E-state index contributed by atoms with van der Waals surface area (Å²) in [6.45, 7) is 12.2. The van der Waals surface area contributed by atoms with Crippen LogP contribution in [0.5, 0.6) is 0 Å². The quantitative estimate of drug-likeness (QED) is 0.406. The van der Waals surface area contributed by atoms with Gasteiger partial charge in [-0.3, -0.25) is 4.99 Å². The normalized spacial score (nSPS) is 14.8. The second kappa shape index (κ2) is 11.4. The lowest BCUT2D eigenvalue weighted by Crippen LogP contribution is -2.39. The molecule has 2 aromatic rings.